The van der Waals surface area contributed by atoms with E-state index in [1.54, 1.807) is 42.6 Å². The number of hydrogen-bond donors (Lipinski definition) is 2. The zero-order chi connectivity index (χ0) is 22.3. The van der Waals surface area contributed by atoms with Crippen LogP contribution in [0.1, 0.15) is 16.7 Å². The summed E-state index contributed by atoms with van der Waals surface area (Å²) in [5.41, 5.74) is 3.06. The van der Waals surface area contributed by atoms with E-state index in [0.717, 1.165) is 16.0 Å². The van der Waals surface area contributed by atoms with Crippen LogP contribution in [0.4, 0.5) is 10.5 Å². The number of aromatic nitrogens is 1. The Hall–Kier alpha value is -4.20. The van der Waals surface area contributed by atoms with E-state index < -0.39 is 23.8 Å². The number of benzene rings is 2. The molecule has 3 aromatic rings. The number of fused-ring (bicyclic) bond motifs is 1. The van der Waals surface area contributed by atoms with Crippen molar-refractivity contribution < 1.29 is 24.3 Å². The summed E-state index contributed by atoms with van der Waals surface area (Å²) in [5.74, 6) is -2.56. The van der Waals surface area contributed by atoms with Gasteiger partial charge in [-0.25, -0.2) is 9.69 Å². The van der Waals surface area contributed by atoms with E-state index in [9.17, 15) is 24.3 Å². The Kier molecular flexibility index (Phi) is 4.90. The highest BCUT2D eigenvalue weighted by Crippen LogP contribution is 2.27. The van der Waals surface area contributed by atoms with Gasteiger partial charge >= 0.3 is 12.0 Å². The first-order valence-corrected chi connectivity index (χ1v) is 9.54. The van der Waals surface area contributed by atoms with Crippen LogP contribution in [-0.4, -0.2) is 33.5 Å². The second-order valence-corrected chi connectivity index (χ2v) is 7.43. The lowest BCUT2D eigenvalue weighted by molar-refractivity contribution is -0.137. The molecular weight excluding hydrogens is 398 g/mol. The Balaban J connectivity index is 1.82. The monoisotopic (exact) mass is 417 g/mol. The van der Waals surface area contributed by atoms with E-state index in [2.05, 4.69) is 5.32 Å². The van der Waals surface area contributed by atoms with E-state index in [4.69, 9.17) is 0 Å². The van der Waals surface area contributed by atoms with Crippen LogP contribution in [0.5, 0.6) is 0 Å². The fraction of sp³-hybridized carbons (Fsp3) is 0.130. The minimum Gasteiger partial charge on any atom is -0.480 e. The third-order valence-electron chi connectivity index (χ3n) is 4.99. The molecule has 0 aliphatic carbocycles. The number of carboxylic acid groups (broad SMARTS) is 1. The molecule has 2 aromatic carbocycles. The maximum absolute atomic E-state index is 13.2. The van der Waals surface area contributed by atoms with Gasteiger partial charge in [-0.15, -0.1) is 0 Å². The highest BCUT2D eigenvalue weighted by Gasteiger charge is 2.37. The minimum atomic E-state index is -1.02. The second kappa shape index (κ2) is 7.56. The average molecular weight is 417 g/mol. The van der Waals surface area contributed by atoms with Crippen molar-refractivity contribution in [2.45, 2.75) is 20.4 Å². The molecule has 0 radical (unpaired) electrons. The SMILES string of the molecule is Cc1cc(C)cc(N2C(=O)NC(=O)C(=Cc3cn(CC(=O)O)c4ccccc34)C2=O)c1. The highest BCUT2D eigenvalue weighted by molar-refractivity contribution is 6.39. The van der Waals surface area contributed by atoms with Gasteiger partial charge in [-0.3, -0.25) is 19.7 Å². The molecular formula is C23H19N3O5. The summed E-state index contributed by atoms with van der Waals surface area (Å²) >= 11 is 0. The lowest BCUT2D eigenvalue weighted by Gasteiger charge is -2.26. The summed E-state index contributed by atoms with van der Waals surface area (Å²) in [5, 5.41) is 12.1. The normalized spacial score (nSPS) is 15.6. The second-order valence-electron chi connectivity index (χ2n) is 7.43. The van der Waals surface area contributed by atoms with Crippen LogP contribution in [0.15, 0.2) is 54.2 Å². The Morgan fingerprint density at radius 2 is 1.74 bits per heavy atom. The van der Waals surface area contributed by atoms with Crippen LogP contribution >= 0.6 is 0 Å². The number of carbonyl (C=O) groups excluding carboxylic acids is 3. The first kappa shape index (κ1) is 20.1. The third-order valence-corrected chi connectivity index (χ3v) is 4.99. The van der Waals surface area contributed by atoms with Gasteiger partial charge in [0.05, 0.1) is 5.69 Å². The topological polar surface area (TPSA) is 109 Å². The molecule has 156 valence electrons. The van der Waals surface area contributed by atoms with Crippen molar-refractivity contribution in [3.05, 3.63) is 70.9 Å². The number of anilines is 1. The number of para-hydroxylation sites is 1. The fourth-order valence-electron chi connectivity index (χ4n) is 3.79. The predicted octanol–water partition coefficient (Wildman–Crippen LogP) is 3.01. The average Bonchev–Trinajstić information content (AvgIpc) is 3.01. The van der Waals surface area contributed by atoms with Gasteiger partial charge in [0, 0.05) is 22.7 Å². The summed E-state index contributed by atoms with van der Waals surface area (Å²) in [6.45, 7) is 3.43. The number of imide groups is 2. The lowest BCUT2D eigenvalue weighted by Crippen LogP contribution is -2.54. The number of nitrogens with one attached hydrogen (secondary N) is 1. The van der Waals surface area contributed by atoms with Crippen molar-refractivity contribution >= 4 is 46.5 Å². The molecule has 0 unspecified atom stereocenters. The molecule has 0 bridgehead atoms. The first-order valence-electron chi connectivity index (χ1n) is 9.54. The summed E-state index contributed by atoms with van der Waals surface area (Å²) in [6, 6.07) is 11.6. The van der Waals surface area contributed by atoms with Gasteiger partial charge in [-0.05, 0) is 49.2 Å². The summed E-state index contributed by atoms with van der Waals surface area (Å²) in [4.78, 5) is 50.3. The van der Waals surface area contributed by atoms with E-state index in [-0.39, 0.29) is 12.1 Å². The van der Waals surface area contributed by atoms with Gasteiger partial charge in [0.1, 0.15) is 12.1 Å². The highest BCUT2D eigenvalue weighted by atomic mass is 16.4. The zero-order valence-corrected chi connectivity index (χ0v) is 16.9. The smallest absolute Gasteiger partial charge is 0.335 e. The number of hydrogen-bond acceptors (Lipinski definition) is 4. The van der Waals surface area contributed by atoms with Crippen molar-refractivity contribution in [2.24, 2.45) is 0 Å². The van der Waals surface area contributed by atoms with Crippen LogP contribution in [0.3, 0.4) is 0 Å². The standard InChI is InChI=1S/C23H19N3O5/c1-13-7-14(2)9-16(8-13)26-22(30)18(21(29)24-23(26)31)10-15-11-25(12-20(27)28)19-6-4-3-5-17(15)19/h3-11H,12H2,1-2H3,(H,27,28)(H,24,29,31). The molecule has 4 amide bonds. The van der Waals surface area contributed by atoms with Gasteiger partial charge < -0.3 is 9.67 Å². The van der Waals surface area contributed by atoms with Gasteiger partial charge in [0.15, 0.2) is 0 Å². The molecule has 0 spiro atoms. The number of carboxylic acids is 1. The minimum absolute atomic E-state index is 0.211. The molecule has 1 saturated heterocycles. The van der Waals surface area contributed by atoms with Crippen LogP contribution in [0.25, 0.3) is 17.0 Å². The van der Waals surface area contributed by atoms with Crippen LogP contribution in [0.2, 0.25) is 0 Å². The molecule has 2 N–H and O–H groups in total. The number of aliphatic carboxylic acids is 1. The maximum Gasteiger partial charge on any atom is 0.335 e. The summed E-state index contributed by atoms with van der Waals surface area (Å²) in [7, 11) is 0. The molecule has 0 saturated carbocycles. The summed E-state index contributed by atoms with van der Waals surface area (Å²) < 4.78 is 1.53. The van der Waals surface area contributed by atoms with Crippen molar-refractivity contribution in [3.8, 4) is 0 Å². The number of carbonyl (C=O) groups is 4. The number of urea groups is 1. The Bertz CT molecular complexity index is 1280. The molecule has 8 heteroatoms. The van der Waals surface area contributed by atoms with E-state index in [1.165, 1.54) is 10.6 Å². The Morgan fingerprint density at radius 1 is 1.06 bits per heavy atom. The lowest BCUT2D eigenvalue weighted by atomic mass is 10.0. The van der Waals surface area contributed by atoms with Gasteiger partial charge in [-0.2, -0.15) is 0 Å². The van der Waals surface area contributed by atoms with Crippen LogP contribution in [-0.2, 0) is 20.9 Å². The fourth-order valence-corrected chi connectivity index (χ4v) is 3.79. The molecule has 1 aliphatic heterocycles. The van der Waals surface area contributed by atoms with Crippen molar-refractivity contribution in [3.63, 3.8) is 0 Å². The molecule has 1 aliphatic rings. The maximum atomic E-state index is 13.2. The van der Waals surface area contributed by atoms with Crippen LogP contribution < -0.4 is 10.2 Å². The van der Waals surface area contributed by atoms with Crippen molar-refractivity contribution in [1.82, 2.24) is 9.88 Å². The summed E-state index contributed by atoms with van der Waals surface area (Å²) in [6.07, 6.45) is 2.96. The quantitative estimate of drug-likeness (QED) is 0.501. The molecule has 8 nitrogen and oxygen atoms in total. The molecule has 1 aromatic heterocycles. The van der Waals surface area contributed by atoms with Crippen molar-refractivity contribution in [1.29, 1.82) is 0 Å². The third kappa shape index (κ3) is 3.71. The molecule has 1 fully saturated rings. The Morgan fingerprint density at radius 3 is 2.42 bits per heavy atom. The zero-order valence-electron chi connectivity index (χ0n) is 16.9. The van der Waals surface area contributed by atoms with E-state index in [1.807, 2.05) is 19.9 Å². The molecule has 0 atom stereocenters. The number of barbiturate groups is 1. The van der Waals surface area contributed by atoms with Crippen molar-refractivity contribution in [2.75, 3.05) is 4.90 Å². The predicted molar refractivity (Wildman–Crippen MR) is 114 cm³/mol. The first-order chi connectivity index (χ1) is 14.7. The molecule has 2 heterocycles. The molecule has 4 rings (SSSR count). The number of aryl methyl sites for hydroxylation is 2. The largest absolute Gasteiger partial charge is 0.480 e. The number of amides is 4. The van der Waals surface area contributed by atoms with E-state index in [0.29, 0.717) is 22.2 Å². The Labute approximate surface area is 177 Å². The van der Waals surface area contributed by atoms with Gasteiger partial charge in [-0.1, -0.05) is 24.3 Å². The van der Waals surface area contributed by atoms with Gasteiger partial charge in [0.25, 0.3) is 11.8 Å². The number of nitrogens with zero attached hydrogens (tertiary/aromatic N) is 2. The molecule has 31 heavy (non-hydrogen) atoms. The van der Waals surface area contributed by atoms with Gasteiger partial charge in [0.2, 0.25) is 0 Å². The van der Waals surface area contributed by atoms with E-state index >= 15 is 0 Å². The van der Waals surface area contributed by atoms with Crippen LogP contribution in [0, 0.1) is 13.8 Å². The number of rotatable bonds is 4.